The molecular formula is C11H12BrF2N. The second kappa shape index (κ2) is 3.83. The predicted molar refractivity (Wildman–Crippen MR) is 58.9 cm³/mol. The molecule has 0 amide bonds. The molecule has 1 aliphatic rings. The zero-order chi connectivity index (χ0) is 11.1. The molecule has 0 spiro atoms. The van der Waals surface area contributed by atoms with Gasteiger partial charge >= 0.3 is 0 Å². The Kier molecular flexibility index (Phi) is 2.81. The van der Waals surface area contributed by atoms with E-state index in [1.54, 1.807) is 6.07 Å². The van der Waals surface area contributed by atoms with Crippen molar-refractivity contribution in [2.75, 3.05) is 0 Å². The molecule has 15 heavy (non-hydrogen) atoms. The first-order chi connectivity index (χ1) is 6.98. The van der Waals surface area contributed by atoms with Crippen LogP contribution in [0.25, 0.3) is 0 Å². The number of alkyl halides is 1. The number of hydrogen-bond acceptors (Lipinski definition) is 1. The molecule has 82 valence electrons. The van der Waals surface area contributed by atoms with Crippen LogP contribution in [0.15, 0.2) is 22.7 Å². The fourth-order valence-corrected chi connectivity index (χ4v) is 2.43. The van der Waals surface area contributed by atoms with E-state index in [0.717, 1.165) is 4.47 Å². The largest absolute Gasteiger partial charge is 0.327 e. The lowest BCUT2D eigenvalue weighted by Crippen LogP contribution is -2.49. The van der Waals surface area contributed by atoms with Crippen LogP contribution in [-0.2, 0) is 6.42 Å². The van der Waals surface area contributed by atoms with Crippen molar-refractivity contribution in [1.82, 2.24) is 0 Å². The van der Waals surface area contributed by atoms with Crippen LogP contribution in [0, 0.1) is 5.82 Å². The third kappa shape index (κ3) is 2.37. The molecule has 1 aromatic rings. The Hall–Kier alpha value is -0.480. The normalized spacial score (nSPS) is 30.0. The van der Waals surface area contributed by atoms with E-state index in [1.165, 1.54) is 12.1 Å². The molecule has 1 aliphatic carbocycles. The van der Waals surface area contributed by atoms with Gasteiger partial charge in [-0.2, -0.15) is 0 Å². The molecule has 0 radical (unpaired) electrons. The number of rotatable bonds is 2. The second-order valence-electron chi connectivity index (χ2n) is 4.23. The Morgan fingerprint density at radius 2 is 2.13 bits per heavy atom. The summed E-state index contributed by atoms with van der Waals surface area (Å²) >= 11 is 3.29. The van der Waals surface area contributed by atoms with E-state index < -0.39 is 5.67 Å². The average Bonchev–Trinajstić information content (AvgIpc) is 2.09. The Balaban J connectivity index is 2.14. The molecule has 1 saturated carbocycles. The number of hydrogen-bond donors (Lipinski definition) is 1. The van der Waals surface area contributed by atoms with Gasteiger partial charge in [0, 0.05) is 16.9 Å². The molecular weight excluding hydrogens is 264 g/mol. The van der Waals surface area contributed by atoms with Gasteiger partial charge in [-0.3, -0.25) is 0 Å². The highest BCUT2D eigenvalue weighted by molar-refractivity contribution is 9.10. The standard InChI is InChI=1S/C11H12BrF2N/c12-10-2-1-8(13)3-7(10)4-11(14)5-9(15)6-11/h1-3,9H,4-6,15H2. The summed E-state index contributed by atoms with van der Waals surface area (Å²) in [6, 6.07) is 4.29. The zero-order valence-corrected chi connectivity index (χ0v) is 9.73. The minimum Gasteiger partial charge on any atom is -0.327 e. The molecule has 1 nitrogen and oxygen atoms in total. The topological polar surface area (TPSA) is 26.0 Å². The van der Waals surface area contributed by atoms with Gasteiger partial charge in [-0.1, -0.05) is 15.9 Å². The highest BCUT2D eigenvalue weighted by Crippen LogP contribution is 2.39. The van der Waals surface area contributed by atoms with Crippen LogP contribution in [-0.4, -0.2) is 11.7 Å². The second-order valence-corrected chi connectivity index (χ2v) is 5.09. The molecule has 0 saturated heterocycles. The summed E-state index contributed by atoms with van der Waals surface area (Å²) in [6.45, 7) is 0. The van der Waals surface area contributed by atoms with E-state index >= 15 is 0 Å². The van der Waals surface area contributed by atoms with Gasteiger partial charge in [-0.05, 0) is 36.6 Å². The van der Waals surface area contributed by atoms with Crippen LogP contribution in [0.1, 0.15) is 18.4 Å². The van der Waals surface area contributed by atoms with Crippen molar-refractivity contribution in [3.05, 3.63) is 34.1 Å². The van der Waals surface area contributed by atoms with E-state index in [-0.39, 0.29) is 18.3 Å². The Bertz CT molecular complexity index is 375. The maximum atomic E-state index is 13.9. The Morgan fingerprint density at radius 3 is 2.73 bits per heavy atom. The third-order valence-corrected chi connectivity index (χ3v) is 3.54. The first-order valence-electron chi connectivity index (χ1n) is 4.87. The van der Waals surface area contributed by atoms with Crippen LogP contribution in [0.2, 0.25) is 0 Å². The molecule has 4 heteroatoms. The fourth-order valence-electron chi connectivity index (χ4n) is 2.04. The van der Waals surface area contributed by atoms with Gasteiger partial charge in [0.2, 0.25) is 0 Å². The minimum absolute atomic E-state index is 0.0395. The van der Waals surface area contributed by atoms with E-state index in [9.17, 15) is 8.78 Å². The lowest BCUT2D eigenvalue weighted by Gasteiger charge is -2.39. The van der Waals surface area contributed by atoms with Gasteiger partial charge in [0.15, 0.2) is 0 Å². The molecule has 2 rings (SSSR count). The number of halogens is 3. The summed E-state index contributed by atoms with van der Waals surface area (Å²) in [5, 5.41) is 0. The van der Waals surface area contributed by atoms with Gasteiger partial charge < -0.3 is 5.73 Å². The number of benzene rings is 1. The lowest BCUT2D eigenvalue weighted by molar-refractivity contribution is 0.0442. The SMILES string of the molecule is NC1CC(F)(Cc2cc(F)ccc2Br)C1. The van der Waals surface area contributed by atoms with Crippen molar-refractivity contribution < 1.29 is 8.78 Å². The van der Waals surface area contributed by atoms with E-state index in [0.29, 0.717) is 18.4 Å². The quantitative estimate of drug-likeness (QED) is 0.883. The summed E-state index contributed by atoms with van der Waals surface area (Å²) in [5.41, 5.74) is 4.98. The van der Waals surface area contributed by atoms with Crippen LogP contribution in [0.5, 0.6) is 0 Å². The van der Waals surface area contributed by atoms with Gasteiger partial charge in [-0.25, -0.2) is 8.78 Å². The van der Waals surface area contributed by atoms with Crippen LogP contribution in [0.4, 0.5) is 8.78 Å². The van der Waals surface area contributed by atoms with E-state index in [1.807, 2.05) is 0 Å². The van der Waals surface area contributed by atoms with Crippen molar-refractivity contribution in [2.45, 2.75) is 31.0 Å². The van der Waals surface area contributed by atoms with Gasteiger partial charge in [0.05, 0.1) is 0 Å². The van der Waals surface area contributed by atoms with Crippen molar-refractivity contribution in [3.8, 4) is 0 Å². The van der Waals surface area contributed by atoms with E-state index in [4.69, 9.17) is 5.73 Å². The smallest absolute Gasteiger partial charge is 0.123 e. The lowest BCUT2D eigenvalue weighted by atomic mass is 9.74. The van der Waals surface area contributed by atoms with Crippen LogP contribution in [0.3, 0.4) is 0 Å². The maximum absolute atomic E-state index is 13.9. The molecule has 0 heterocycles. The first kappa shape index (κ1) is 11.0. The summed E-state index contributed by atoms with van der Waals surface area (Å²) < 4.78 is 27.6. The highest BCUT2D eigenvalue weighted by Gasteiger charge is 2.43. The molecule has 1 fully saturated rings. The third-order valence-electron chi connectivity index (χ3n) is 2.77. The van der Waals surface area contributed by atoms with Crippen molar-refractivity contribution in [2.24, 2.45) is 5.73 Å². The molecule has 0 atom stereocenters. The molecule has 0 aliphatic heterocycles. The molecule has 1 aromatic carbocycles. The van der Waals surface area contributed by atoms with Crippen molar-refractivity contribution >= 4 is 15.9 Å². The van der Waals surface area contributed by atoms with Crippen LogP contribution < -0.4 is 5.73 Å². The van der Waals surface area contributed by atoms with Gasteiger partial charge in [0.25, 0.3) is 0 Å². The minimum atomic E-state index is -1.24. The average molecular weight is 276 g/mol. The molecule has 0 bridgehead atoms. The maximum Gasteiger partial charge on any atom is 0.123 e. The predicted octanol–water partition coefficient (Wildman–Crippen LogP) is 2.96. The summed E-state index contributed by atoms with van der Waals surface area (Å²) in [6.07, 6.45) is 0.977. The van der Waals surface area contributed by atoms with Gasteiger partial charge in [-0.15, -0.1) is 0 Å². The highest BCUT2D eigenvalue weighted by atomic mass is 79.9. The summed E-state index contributed by atoms with van der Waals surface area (Å²) in [5.74, 6) is -0.333. The summed E-state index contributed by atoms with van der Waals surface area (Å²) in [7, 11) is 0. The van der Waals surface area contributed by atoms with Crippen molar-refractivity contribution in [3.63, 3.8) is 0 Å². The fraction of sp³-hybridized carbons (Fsp3) is 0.455. The van der Waals surface area contributed by atoms with Gasteiger partial charge in [0.1, 0.15) is 11.5 Å². The van der Waals surface area contributed by atoms with Crippen molar-refractivity contribution in [1.29, 1.82) is 0 Å². The monoisotopic (exact) mass is 275 g/mol. The molecule has 0 unspecified atom stereocenters. The molecule has 2 N–H and O–H groups in total. The molecule has 0 aromatic heterocycles. The van der Waals surface area contributed by atoms with E-state index in [2.05, 4.69) is 15.9 Å². The number of nitrogens with two attached hydrogens (primary N) is 1. The first-order valence-corrected chi connectivity index (χ1v) is 5.66. The Morgan fingerprint density at radius 1 is 1.47 bits per heavy atom. The summed E-state index contributed by atoms with van der Waals surface area (Å²) in [4.78, 5) is 0. The Labute approximate surface area is 95.8 Å². The van der Waals surface area contributed by atoms with Crippen LogP contribution >= 0.6 is 15.9 Å². The zero-order valence-electron chi connectivity index (χ0n) is 8.14.